The van der Waals surface area contributed by atoms with Gasteiger partial charge in [-0.25, -0.2) is 0 Å². The van der Waals surface area contributed by atoms with Gasteiger partial charge in [0.15, 0.2) is 0 Å². The summed E-state index contributed by atoms with van der Waals surface area (Å²) in [6.07, 6.45) is 0.791. The molecule has 2 rings (SSSR count). The van der Waals surface area contributed by atoms with Crippen molar-refractivity contribution in [1.29, 1.82) is 0 Å². The predicted octanol–water partition coefficient (Wildman–Crippen LogP) is 3.84. The van der Waals surface area contributed by atoms with Gasteiger partial charge in [0.25, 0.3) is 0 Å². The maximum Gasteiger partial charge on any atom is 0.303 e. The Morgan fingerprint density at radius 2 is 1.87 bits per heavy atom. The average Bonchev–Trinajstić information content (AvgIpc) is 2.92. The third-order valence-electron chi connectivity index (χ3n) is 3.34. The van der Waals surface area contributed by atoms with Crippen molar-refractivity contribution in [3.05, 3.63) is 57.2 Å². The van der Waals surface area contributed by atoms with Crippen LogP contribution in [0.4, 0.5) is 0 Å². The van der Waals surface area contributed by atoms with E-state index >= 15 is 0 Å². The Labute approximate surface area is 144 Å². The van der Waals surface area contributed by atoms with Crippen molar-refractivity contribution >= 4 is 34.8 Å². The highest BCUT2D eigenvalue weighted by atomic mass is 35.5. The van der Waals surface area contributed by atoms with Crippen molar-refractivity contribution in [3.8, 4) is 0 Å². The normalized spacial score (nSPS) is 10.5. The molecule has 0 unspecified atom stereocenters. The Balaban J connectivity index is 2.01. The summed E-state index contributed by atoms with van der Waals surface area (Å²) in [5, 5.41) is 8.78. The van der Waals surface area contributed by atoms with Gasteiger partial charge in [0.1, 0.15) is 0 Å². The zero-order valence-corrected chi connectivity index (χ0v) is 14.1. The van der Waals surface area contributed by atoms with Crippen LogP contribution < -0.4 is 0 Å². The van der Waals surface area contributed by atoms with Gasteiger partial charge in [0, 0.05) is 24.4 Å². The molecule has 0 saturated heterocycles. The number of hydrogen-bond donors (Lipinski definition) is 1. The molecule has 2 aromatic rings. The minimum atomic E-state index is -0.845. The van der Waals surface area contributed by atoms with Crippen molar-refractivity contribution in [2.75, 3.05) is 6.54 Å². The van der Waals surface area contributed by atoms with E-state index in [9.17, 15) is 9.59 Å². The van der Waals surface area contributed by atoms with Gasteiger partial charge in [0.2, 0.25) is 5.91 Å². The number of hydrogen-bond acceptors (Lipinski definition) is 3. The molecular weight excluding hydrogens is 334 g/mol. The van der Waals surface area contributed by atoms with Crippen LogP contribution in [-0.4, -0.2) is 28.4 Å². The second kappa shape index (κ2) is 8.70. The number of halogens is 1. The van der Waals surface area contributed by atoms with E-state index in [4.69, 9.17) is 16.7 Å². The molecule has 6 heteroatoms. The highest BCUT2D eigenvalue weighted by molar-refractivity contribution is 7.16. The van der Waals surface area contributed by atoms with Crippen LogP contribution >= 0.6 is 22.9 Å². The molecule has 1 aromatic heterocycles. The summed E-state index contributed by atoms with van der Waals surface area (Å²) in [5.74, 6) is -0.861. The van der Waals surface area contributed by atoms with Crippen LogP contribution in [0.3, 0.4) is 0 Å². The van der Waals surface area contributed by atoms with Gasteiger partial charge in [-0.2, -0.15) is 0 Å². The first kappa shape index (κ1) is 17.5. The summed E-state index contributed by atoms with van der Waals surface area (Å²) in [4.78, 5) is 25.9. The summed E-state index contributed by atoms with van der Waals surface area (Å²) < 4.78 is 0.660. The molecule has 0 radical (unpaired) electrons. The Hall–Kier alpha value is -1.85. The Kier molecular flexibility index (Phi) is 6.62. The van der Waals surface area contributed by atoms with Crippen LogP contribution in [0.25, 0.3) is 0 Å². The Morgan fingerprint density at radius 3 is 2.48 bits per heavy atom. The van der Waals surface area contributed by atoms with Crippen LogP contribution in [0, 0.1) is 0 Å². The molecule has 4 nitrogen and oxygen atoms in total. The maximum absolute atomic E-state index is 12.5. The molecule has 1 N–H and O–H groups in total. The number of aliphatic carboxylic acids is 1. The number of thiophene rings is 1. The van der Waals surface area contributed by atoms with E-state index in [1.807, 2.05) is 36.4 Å². The number of carbonyl (C=O) groups excluding carboxylic acids is 1. The zero-order chi connectivity index (χ0) is 16.7. The van der Waals surface area contributed by atoms with Crippen LogP contribution in [0.15, 0.2) is 42.5 Å². The summed E-state index contributed by atoms with van der Waals surface area (Å²) in [7, 11) is 0. The number of rotatable bonds is 8. The molecule has 23 heavy (non-hydrogen) atoms. The van der Waals surface area contributed by atoms with Gasteiger partial charge in [-0.3, -0.25) is 9.59 Å². The number of amides is 1. The molecule has 122 valence electrons. The summed E-state index contributed by atoms with van der Waals surface area (Å²) >= 11 is 7.29. The van der Waals surface area contributed by atoms with Crippen LogP contribution in [0.1, 0.15) is 23.3 Å². The SMILES string of the molecule is O=C(O)CCCN(Cc1ccccc1)C(=O)Cc1ccc(Cl)s1. The highest BCUT2D eigenvalue weighted by Gasteiger charge is 2.16. The number of nitrogens with zero attached hydrogens (tertiary/aromatic N) is 1. The topological polar surface area (TPSA) is 57.6 Å². The summed E-state index contributed by atoms with van der Waals surface area (Å²) in [5.41, 5.74) is 1.03. The number of carbonyl (C=O) groups is 2. The largest absolute Gasteiger partial charge is 0.481 e. The van der Waals surface area contributed by atoms with Gasteiger partial charge in [-0.05, 0) is 24.1 Å². The fraction of sp³-hybridized carbons (Fsp3) is 0.294. The third-order valence-corrected chi connectivity index (χ3v) is 4.57. The molecule has 0 aliphatic heterocycles. The number of carboxylic acids is 1. The smallest absolute Gasteiger partial charge is 0.303 e. The molecular formula is C17H18ClNO3S. The fourth-order valence-electron chi connectivity index (χ4n) is 2.22. The standard InChI is InChI=1S/C17H18ClNO3S/c18-15-9-8-14(23-15)11-16(20)19(10-4-7-17(21)22)12-13-5-2-1-3-6-13/h1-3,5-6,8-9H,4,7,10-12H2,(H,21,22). The zero-order valence-electron chi connectivity index (χ0n) is 12.6. The van der Waals surface area contributed by atoms with E-state index in [0.29, 0.717) is 23.8 Å². The Bertz CT molecular complexity index is 657. The first-order chi connectivity index (χ1) is 11.0. The summed E-state index contributed by atoms with van der Waals surface area (Å²) in [6, 6.07) is 13.3. The molecule has 0 bridgehead atoms. The van der Waals surface area contributed by atoms with Crippen molar-refractivity contribution in [2.24, 2.45) is 0 Å². The quantitative estimate of drug-likeness (QED) is 0.786. The van der Waals surface area contributed by atoms with Gasteiger partial charge in [-0.1, -0.05) is 41.9 Å². The third kappa shape index (κ3) is 6.04. The van der Waals surface area contributed by atoms with E-state index in [-0.39, 0.29) is 18.7 Å². The predicted molar refractivity (Wildman–Crippen MR) is 91.8 cm³/mol. The Morgan fingerprint density at radius 1 is 1.13 bits per heavy atom. The van der Waals surface area contributed by atoms with Crippen molar-refractivity contribution < 1.29 is 14.7 Å². The second-order valence-electron chi connectivity index (χ2n) is 5.18. The molecule has 0 aliphatic carbocycles. The molecule has 1 aromatic carbocycles. The number of benzene rings is 1. The van der Waals surface area contributed by atoms with E-state index in [1.165, 1.54) is 11.3 Å². The molecule has 1 amide bonds. The molecule has 0 aliphatic rings. The van der Waals surface area contributed by atoms with E-state index < -0.39 is 5.97 Å². The lowest BCUT2D eigenvalue weighted by atomic mass is 10.2. The minimum Gasteiger partial charge on any atom is -0.481 e. The van der Waals surface area contributed by atoms with E-state index in [2.05, 4.69) is 0 Å². The van der Waals surface area contributed by atoms with Gasteiger partial charge in [0.05, 0.1) is 10.8 Å². The van der Waals surface area contributed by atoms with Gasteiger partial charge < -0.3 is 10.0 Å². The lowest BCUT2D eigenvalue weighted by Crippen LogP contribution is -2.32. The second-order valence-corrected chi connectivity index (χ2v) is 6.98. The average molecular weight is 352 g/mol. The highest BCUT2D eigenvalue weighted by Crippen LogP contribution is 2.22. The number of carboxylic acid groups (broad SMARTS) is 1. The minimum absolute atomic E-state index is 0.0160. The lowest BCUT2D eigenvalue weighted by Gasteiger charge is -2.22. The maximum atomic E-state index is 12.5. The first-order valence-electron chi connectivity index (χ1n) is 7.32. The van der Waals surface area contributed by atoms with Crippen LogP contribution in [0.2, 0.25) is 4.34 Å². The molecule has 0 spiro atoms. The van der Waals surface area contributed by atoms with Crippen LogP contribution in [0.5, 0.6) is 0 Å². The van der Waals surface area contributed by atoms with Gasteiger partial charge >= 0.3 is 5.97 Å². The van der Waals surface area contributed by atoms with E-state index in [0.717, 1.165) is 10.4 Å². The fourth-order valence-corrected chi connectivity index (χ4v) is 3.30. The van der Waals surface area contributed by atoms with Crippen LogP contribution in [-0.2, 0) is 22.6 Å². The lowest BCUT2D eigenvalue weighted by molar-refractivity contribution is -0.138. The molecule has 0 atom stereocenters. The monoisotopic (exact) mass is 351 g/mol. The van der Waals surface area contributed by atoms with E-state index in [1.54, 1.807) is 11.0 Å². The molecule has 0 fully saturated rings. The van der Waals surface area contributed by atoms with Crippen molar-refractivity contribution in [2.45, 2.75) is 25.8 Å². The van der Waals surface area contributed by atoms with Gasteiger partial charge in [-0.15, -0.1) is 11.3 Å². The van der Waals surface area contributed by atoms with Crippen molar-refractivity contribution in [1.82, 2.24) is 4.90 Å². The first-order valence-corrected chi connectivity index (χ1v) is 8.52. The van der Waals surface area contributed by atoms with Crippen molar-refractivity contribution in [3.63, 3.8) is 0 Å². The molecule has 1 heterocycles. The molecule has 0 saturated carbocycles. The summed E-state index contributed by atoms with van der Waals surface area (Å²) in [6.45, 7) is 0.914.